The van der Waals surface area contributed by atoms with Crippen molar-refractivity contribution in [2.45, 2.75) is 29.8 Å². The van der Waals surface area contributed by atoms with Crippen LogP contribution < -0.4 is 5.32 Å². The Labute approximate surface area is 183 Å². The number of hydrogen-bond donors (Lipinski definition) is 1. The van der Waals surface area contributed by atoms with E-state index in [4.69, 9.17) is 4.74 Å². The van der Waals surface area contributed by atoms with Crippen LogP contribution in [0.5, 0.6) is 0 Å². The summed E-state index contributed by atoms with van der Waals surface area (Å²) < 4.78 is 5.24. The normalized spacial score (nSPS) is 20.9. The van der Waals surface area contributed by atoms with E-state index in [0.29, 0.717) is 11.3 Å². The largest absolute Gasteiger partial charge is 0.456 e. The van der Waals surface area contributed by atoms with Gasteiger partial charge in [0.25, 0.3) is 11.6 Å². The second-order valence-corrected chi connectivity index (χ2v) is 8.55. The molecule has 1 saturated heterocycles. The predicted molar refractivity (Wildman–Crippen MR) is 109 cm³/mol. The standard InChI is InChI=1S/C18H16BrN3O7S/c1-9(23)13(19)15(24)20-14-16(25)21-12(6-7-30-17(14)21)18(26)29-8-10-2-4-11(5-3-10)22(27)28/h2-6,13-14,17H,7-8H2,1H3,(H,20,24)/t13?,14?,17-/m0/s1. The van der Waals surface area contributed by atoms with Crippen molar-refractivity contribution >= 4 is 56.9 Å². The Kier molecular flexibility index (Phi) is 6.56. The molecular formula is C18H16BrN3O7S. The average molecular weight is 498 g/mol. The molecule has 158 valence electrons. The first-order chi connectivity index (χ1) is 14.2. The van der Waals surface area contributed by atoms with Crippen LogP contribution in [-0.2, 0) is 30.5 Å². The Balaban J connectivity index is 1.60. The van der Waals surface area contributed by atoms with E-state index in [2.05, 4.69) is 21.2 Å². The minimum absolute atomic E-state index is 0.0744. The summed E-state index contributed by atoms with van der Waals surface area (Å²) in [6.45, 7) is 1.14. The number of nitrogens with zero attached hydrogens (tertiary/aromatic N) is 2. The minimum atomic E-state index is -1.05. The number of alkyl halides is 1. The lowest BCUT2D eigenvalue weighted by atomic mass is 10.0. The molecule has 2 heterocycles. The highest BCUT2D eigenvalue weighted by Crippen LogP contribution is 2.38. The van der Waals surface area contributed by atoms with Crippen LogP contribution in [-0.4, -0.2) is 55.4 Å². The minimum Gasteiger partial charge on any atom is -0.456 e. The van der Waals surface area contributed by atoms with Gasteiger partial charge in [0, 0.05) is 17.9 Å². The summed E-state index contributed by atoms with van der Waals surface area (Å²) in [6.07, 6.45) is 1.57. The maximum Gasteiger partial charge on any atom is 0.355 e. The van der Waals surface area contributed by atoms with Crippen LogP contribution >= 0.6 is 27.7 Å². The van der Waals surface area contributed by atoms with Crippen LogP contribution in [0.1, 0.15) is 12.5 Å². The quantitative estimate of drug-likeness (QED) is 0.148. The van der Waals surface area contributed by atoms with Gasteiger partial charge in [-0.05, 0) is 30.7 Å². The summed E-state index contributed by atoms with van der Waals surface area (Å²) >= 11 is 4.34. The van der Waals surface area contributed by atoms with Gasteiger partial charge in [-0.15, -0.1) is 11.8 Å². The van der Waals surface area contributed by atoms with Crippen molar-refractivity contribution in [1.29, 1.82) is 0 Å². The fraction of sp³-hybridized carbons (Fsp3) is 0.333. The van der Waals surface area contributed by atoms with E-state index < -0.39 is 38.9 Å². The lowest BCUT2D eigenvalue weighted by Gasteiger charge is -2.48. The number of β-lactam (4-membered cyclic amide) rings is 1. The first-order valence-corrected chi connectivity index (χ1v) is 10.7. The molecule has 2 aliphatic heterocycles. The Morgan fingerprint density at radius 3 is 2.63 bits per heavy atom. The number of benzene rings is 1. The molecule has 3 atom stereocenters. The van der Waals surface area contributed by atoms with Gasteiger partial charge < -0.3 is 10.1 Å². The zero-order valence-corrected chi connectivity index (χ0v) is 18.0. The van der Waals surface area contributed by atoms with E-state index in [9.17, 15) is 29.3 Å². The number of non-ortho nitro benzene ring substituents is 1. The third-order valence-electron chi connectivity index (χ3n) is 4.46. The predicted octanol–water partition coefficient (Wildman–Crippen LogP) is 1.27. The maximum atomic E-state index is 12.5. The molecule has 2 amide bonds. The molecular weight excluding hydrogens is 482 g/mol. The summed E-state index contributed by atoms with van der Waals surface area (Å²) in [5.74, 6) is -1.74. The van der Waals surface area contributed by atoms with Crippen molar-refractivity contribution in [2.75, 3.05) is 5.75 Å². The molecule has 0 aromatic heterocycles. The number of nitro groups is 1. The SMILES string of the molecule is CC(=O)C(Br)C(=O)NC1C(=O)N2C(C(=O)OCc3ccc([N+](=O)[O-])cc3)=CCS[C@@H]12. The lowest BCUT2D eigenvalue weighted by molar-refractivity contribution is -0.384. The third-order valence-corrected chi connectivity index (χ3v) is 6.70. The van der Waals surface area contributed by atoms with E-state index in [1.807, 2.05) is 0 Å². The number of Topliss-reactive ketones (excluding diaryl/α,β-unsaturated/α-hetero) is 1. The van der Waals surface area contributed by atoms with Gasteiger partial charge >= 0.3 is 5.97 Å². The summed E-state index contributed by atoms with van der Waals surface area (Å²) in [5, 5.41) is 12.7. The van der Waals surface area contributed by atoms with Gasteiger partial charge in [-0.2, -0.15) is 0 Å². The number of ketones is 1. The number of rotatable bonds is 7. The van der Waals surface area contributed by atoms with Crippen molar-refractivity contribution in [3.63, 3.8) is 0 Å². The topological polar surface area (TPSA) is 136 Å². The van der Waals surface area contributed by atoms with Crippen LogP contribution in [0.4, 0.5) is 5.69 Å². The molecule has 30 heavy (non-hydrogen) atoms. The first-order valence-electron chi connectivity index (χ1n) is 8.71. The van der Waals surface area contributed by atoms with Crippen molar-refractivity contribution in [1.82, 2.24) is 10.2 Å². The Hall–Kier alpha value is -2.73. The van der Waals surface area contributed by atoms with Gasteiger partial charge in [-0.25, -0.2) is 4.79 Å². The molecule has 2 aliphatic rings. The number of carbonyl (C=O) groups excluding carboxylic acids is 4. The van der Waals surface area contributed by atoms with E-state index >= 15 is 0 Å². The maximum absolute atomic E-state index is 12.5. The molecule has 0 radical (unpaired) electrons. The molecule has 0 bridgehead atoms. The van der Waals surface area contributed by atoms with Gasteiger partial charge in [-0.1, -0.05) is 15.9 Å². The molecule has 2 unspecified atom stereocenters. The molecule has 1 N–H and O–H groups in total. The molecule has 12 heteroatoms. The Morgan fingerprint density at radius 1 is 1.37 bits per heavy atom. The molecule has 1 fully saturated rings. The summed E-state index contributed by atoms with van der Waals surface area (Å²) in [6, 6.07) is 4.73. The highest BCUT2D eigenvalue weighted by molar-refractivity contribution is 9.10. The second kappa shape index (κ2) is 8.96. The van der Waals surface area contributed by atoms with Crippen LogP contribution in [0.25, 0.3) is 0 Å². The number of ether oxygens (including phenoxy) is 1. The van der Waals surface area contributed by atoms with Gasteiger partial charge in [0.2, 0.25) is 5.91 Å². The van der Waals surface area contributed by atoms with Crippen LogP contribution in [0, 0.1) is 10.1 Å². The number of carbonyl (C=O) groups is 4. The fourth-order valence-electron chi connectivity index (χ4n) is 2.88. The highest BCUT2D eigenvalue weighted by Gasteiger charge is 2.53. The Morgan fingerprint density at radius 2 is 2.03 bits per heavy atom. The van der Waals surface area contributed by atoms with Crippen molar-refractivity contribution in [3.8, 4) is 0 Å². The molecule has 0 saturated carbocycles. The molecule has 0 spiro atoms. The molecule has 10 nitrogen and oxygen atoms in total. The number of amides is 2. The van der Waals surface area contributed by atoms with E-state index in [1.54, 1.807) is 6.08 Å². The molecule has 3 rings (SSSR count). The zero-order chi connectivity index (χ0) is 22.0. The number of hydrogen-bond acceptors (Lipinski definition) is 8. The van der Waals surface area contributed by atoms with Crippen LogP contribution in [0.2, 0.25) is 0 Å². The van der Waals surface area contributed by atoms with Crippen LogP contribution in [0.15, 0.2) is 36.0 Å². The number of thioether (sulfide) groups is 1. The molecule has 1 aromatic carbocycles. The summed E-state index contributed by atoms with van der Waals surface area (Å²) in [4.78, 5) is 58.7. The number of halogens is 1. The van der Waals surface area contributed by atoms with E-state index in [-0.39, 0.29) is 23.8 Å². The summed E-state index contributed by atoms with van der Waals surface area (Å²) in [7, 11) is 0. The smallest absolute Gasteiger partial charge is 0.355 e. The van der Waals surface area contributed by atoms with Gasteiger partial charge in [-0.3, -0.25) is 29.4 Å². The number of nitrogens with one attached hydrogen (secondary N) is 1. The van der Waals surface area contributed by atoms with Gasteiger partial charge in [0.15, 0.2) is 10.6 Å². The molecule has 0 aliphatic carbocycles. The second-order valence-electron chi connectivity index (χ2n) is 6.48. The Bertz CT molecular complexity index is 950. The summed E-state index contributed by atoms with van der Waals surface area (Å²) in [5.41, 5.74) is 0.566. The highest BCUT2D eigenvalue weighted by atomic mass is 79.9. The number of nitro benzene ring substituents is 1. The van der Waals surface area contributed by atoms with Crippen molar-refractivity contribution in [2.24, 2.45) is 0 Å². The van der Waals surface area contributed by atoms with Crippen molar-refractivity contribution < 1.29 is 28.8 Å². The lowest BCUT2D eigenvalue weighted by Crippen LogP contribution is -2.70. The fourth-order valence-corrected chi connectivity index (χ4v) is 4.20. The average Bonchev–Trinajstić information content (AvgIpc) is 2.74. The van der Waals surface area contributed by atoms with Gasteiger partial charge in [0.05, 0.1) is 4.92 Å². The van der Waals surface area contributed by atoms with Gasteiger partial charge in [0.1, 0.15) is 23.7 Å². The number of esters is 1. The monoisotopic (exact) mass is 497 g/mol. The van der Waals surface area contributed by atoms with E-state index in [1.165, 1.54) is 47.9 Å². The zero-order valence-electron chi connectivity index (χ0n) is 15.6. The molecule has 1 aromatic rings. The van der Waals surface area contributed by atoms with Crippen LogP contribution in [0.3, 0.4) is 0 Å². The first kappa shape index (κ1) is 22.0. The third kappa shape index (κ3) is 4.38. The van der Waals surface area contributed by atoms with Crippen molar-refractivity contribution in [3.05, 3.63) is 51.7 Å². The van der Waals surface area contributed by atoms with E-state index in [0.717, 1.165) is 0 Å². The number of fused-ring (bicyclic) bond motifs is 1.